The zero-order valence-electron chi connectivity index (χ0n) is 19.7. The second kappa shape index (κ2) is 8.60. The van der Waals surface area contributed by atoms with Crippen molar-refractivity contribution in [3.63, 3.8) is 0 Å². The summed E-state index contributed by atoms with van der Waals surface area (Å²) in [6.07, 6.45) is 3.82. The van der Waals surface area contributed by atoms with Gasteiger partial charge in [0.15, 0.2) is 5.13 Å². The van der Waals surface area contributed by atoms with Crippen molar-refractivity contribution in [2.75, 3.05) is 16.8 Å². The molecule has 1 unspecified atom stereocenters. The first kappa shape index (κ1) is 22.5. The molecule has 2 fully saturated rings. The van der Waals surface area contributed by atoms with Crippen LogP contribution in [0.25, 0.3) is 10.4 Å². The van der Waals surface area contributed by atoms with Gasteiger partial charge in [-0.2, -0.15) is 0 Å². The lowest BCUT2D eigenvalue weighted by molar-refractivity contribution is -0.117. The van der Waals surface area contributed by atoms with Gasteiger partial charge >= 0.3 is 0 Å². The first-order valence-corrected chi connectivity index (χ1v) is 13.2. The molecule has 0 bridgehead atoms. The molecule has 1 aromatic carbocycles. The average Bonchev–Trinajstić information content (AvgIpc) is 3.37. The number of nitrogens with zero attached hydrogens (tertiary/aromatic N) is 4. The Bertz CT molecular complexity index is 1350. The third-order valence-electron chi connectivity index (χ3n) is 7.16. The van der Waals surface area contributed by atoms with Crippen LogP contribution in [0.1, 0.15) is 54.2 Å². The van der Waals surface area contributed by atoms with Gasteiger partial charge in [0.2, 0.25) is 5.91 Å². The van der Waals surface area contributed by atoms with Crippen molar-refractivity contribution in [1.82, 2.24) is 14.9 Å². The van der Waals surface area contributed by atoms with Gasteiger partial charge in [-0.15, -0.1) is 0 Å². The van der Waals surface area contributed by atoms with Crippen molar-refractivity contribution in [1.29, 1.82) is 0 Å². The molecule has 9 heteroatoms. The average molecular weight is 508 g/mol. The molecule has 3 aliphatic rings. The molecule has 0 spiro atoms. The number of hydrogen-bond donors (Lipinski definition) is 1. The van der Waals surface area contributed by atoms with Crippen LogP contribution in [0.5, 0.6) is 0 Å². The normalized spacial score (nSPS) is 18.4. The van der Waals surface area contributed by atoms with Crippen LogP contribution in [0.15, 0.2) is 30.3 Å². The second-order valence-corrected chi connectivity index (χ2v) is 11.0. The molecular weight excluding hydrogens is 482 g/mol. The number of aromatic nitrogens is 2. The Labute approximate surface area is 213 Å². The highest BCUT2D eigenvalue weighted by Gasteiger charge is 2.39. The number of carbonyl (C=O) groups is 2. The predicted octanol–water partition coefficient (Wildman–Crippen LogP) is 5.79. The Balaban J connectivity index is 1.25. The van der Waals surface area contributed by atoms with Crippen LogP contribution < -0.4 is 10.2 Å². The van der Waals surface area contributed by atoms with Gasteiger partial charge in [-0.1, -0.05) is 29.0 Å². The maximum atomic E-state index is 13.0. The van der Waals surface area contributed by atoms with E-state index in [0.717, 1.165) is 28.1 Å². The molecule has 180 valence electrons. The summed E-state index contributed by atoms with van der Waals surface area (Å²) >= 11 is 8.17. The lowest BCUT2D eigenvalue weighted by Gasteiger charge is -2.23. The minimum Gasteiger partial charge on any atom is -0.331 e. The van der Waals surface area contributed by atoms with E-state index in [2.05, 4.69) is 23.3 Å². The molecule has 1 aliphatic carbocycles. The van der Waals surface area contributed by atoms with Crippen molar-refractivity contribution in [3.8, 4) is 10.4 Å². The number of benzene rings is 1. The van der Waals surface area contributed by atoms with E-state index < -0.39 is 0 Å². The number of thiazole rings is 1. The smallest absolute Gasteiger partial charge is 0.256 e. The number of carbonyl (C=O) groups excluding carboxylic acids is 2. The van der Waals surface area contributed by atoms with Gasteiger partial charge in [-0.25, -0.2) is 9.97 Å². The molecule has 1 atom stereocenters. The molecule has 4 heterocycles. The van der Waals surface area contributed by atoms with Crippen LogP contribution in [-0.4, -0.2) is 39.3 Å². The highest BCUT2D eigenvalue weighted by atomic mass is 35.5. The lowest BCUT2D eigenvalue weighted by atomic mass is 10.0. The van der Waals surface area contributed by atoms with E-state index in [0.29, 0.717) is 52.8 Å². The van der Waals surface area contributed by atoms with E-state index in [-0.39, 0.29) is 17.9 Å². The van der Waals surface area contributed by atoms with Crippen molar-refractivity contribution in [2.45, 2.75) is 52.1 Å². The Hall–Kier alpha value is -2.97. The molecule has 0 radical (unpaired) electrons. The number of anilines is 3. The number of rotatable bonds is 6. The Kier molecular flexibility index (Phi) is 5.53. The number of fused-ring (bicyclic) bond motifs is 1. The molecule has 1 saturated carbocycles. The van der Waals surface area contributed by atoms with E-state index in [1.54, 1.807) is 4.90 Å². The Morgan fingerprint density at radius 2 is 2.03 bits per heavy atom. The summed E-state index contributed by atoms with van der Waals surface area (Å²) in [7, 11) is 0. The number of pyridine rings is 1. The van der Waals surface area contributed by atoms with Crippen molar-refractivity contribution < 1.29 is 9.59 Å². The van der Waals surface area contributed by atoms with Crippen molar-refractivity contribution >= 4 is 51.5 Å². The predicted molar refractivity (Wildman–Crippen MR) is 138 cm³/mol. The molecular formula is C26H26ClN5O2S. The zero-order chi connectivity index (χ0) is 24.3. The minimum atomic E-state index is 0.0433. The van der Waals surface area contributed by atoms with Gasteiger partial charge in [0.25, 0.3) is 5.91 Å². The van der Waals surface area contributed by atoms with E-state index in [4.69, 9.17) is 16.6 Å². The summed E-state index contributed by atoms with van der Waals surface area (Å²) in [4.78, 5) is 39.2. The molecule has 2 aromatic heterocycles. The van der Waals surface area contributed by atoms with Crippen molar-refractivity contribution in [2.24, 2.45) is 5.92 Å². The molecule has 6 rings (SSSR count). The van der Waals surface area contributed by atoms with E-state index in [9.17, 15) is 9.59 Å². The standard InChI is InChI=1S/C26H26ClN5O2S/c1-14-24(17-11-18-13-32(15(2)16-8-9-16)25(34)23(18)19(27)12-17)35-26(28-14)30-20-5-3-6-21(29-20)31-10-4-7-22(31)33/h3,5-6,11-12,15-16H,4,7-10,13H2,1-2H3,(H,28,29,30). The van der Waals surface area contributed by atoms with Crippen LogP contribution >= 0.6 is 22.9 Å². The topological polar surface area (TPSA) is 78.4 Å². The fourth-order valence-corrected chi connectivity index (χ4v) is 6.36. The molecule has 35 heavy (non-hydrogen) atoms. The summed E-state index contributed by atoms with van der Waals surface area (Å²) in [5.41, 5.74) is 3.47. The van der Waals surface area contributed by atoms with Gasteiger partial charge in [0, 0.05) is 25.6 Å². The number of halogens is 1. The highest BCUT2D eigenvalue weighted by Crippen LogP contribution is 2.42. The van der Waals surface area contributed by atoms with Crippen LogP contribution in [-0.2, 0) is 11.3 Å². The Morgan fingerprint density at radius 1 is 1.20 bits per heavy atom. The molecule has 1 N–H and O–H groups in total. The second-order valence-electron chi connectivity index (χ2n) is 9.59. The maximum absolute atomic E-state index is 13.0. The Morgan fingerprint density at radius 3 is 2.77 bits per heavy atom. The summed E-state index contributed by atoms with van der Waals surface area (Å²) in [6, 6.07) is 9.83. The molecule has 7 nitrogen and oxygen atoms in total. The quantitative estimate of drug-likeness (QED) is 0.456. The van der Waals surface area contributed by atoms with Gasteiger partial charge in [0.1, 0.15) is 11.6 Å². The van der Waals surface area contributed by atoms with Crippen LogP contribution in [0.2, 0.25) is 5.02 Å². The first-order chi connectivity index (χ1) is 16.9. The lowest BCUT2D eigenvalue weighted by Crippen LogP contribution is -2.34. The summed E-state index contributed by atoms with van der Waals surface area (Å²) in [5.74, 6) is 2.07. The molecule has 2 aliphatic heterocycles. The molecule has 3 aromatic rings. The van der Waals surface area contributed by atoms with Gasteiger partial charge in [-0.05, 0) is 74.4 Å². The van der Waals surface area contributed by atoms with Gasteiger partial charge < -0.3 is 10.2 Å². The fourth-order valence-electron chi connectivity index (χ4n) is 5.08. The minimum absolute atomic E-state index is 0.0433. The third-order valence-corrected chi connectivity index (χ3v) is 8.58. The zero-order valence-corrected chi connectivity index (χ0v) is 21.2. The molecule has 2 amide bonds. The number of nitrogens with one attached hydrogen (secondary N) is 1. The van der Waals surface area contributed by atoms with Gasteiger partial charge in [0.05, 0.1) is 21.2 Å². The van der Waals surface area contributed by atoms with E-state index in [1.165, 1.54) is 24.2 Å². The monoisotopic (exact) mass is 507 g/mol. The van der Waals surface area contributed by atoms with Crippen LogP contribution in [0, 0.1) is 12.8 Å². The van der Waals surface area contributed by atoms with E-state index in [1.807, 2.05) is 36.1 Å². The summed E-state index contributed by atoms with van der Waals surface area (Å²) in [6.45, 7) is 5.42. The molecule has 1 saturated heterocycles. The number of hydrogen-bond acceptors (Lipinski definition) is 6. The van der Waals surface area contributed by atoms with Crippen LogP contribution in [0.4, 0.5) is 16.8 Å². The largest absolute Gasteiger partial charge is 0.331 e. The fraction of sp³-hybridized carbons (Fsp3) is 0.385. The third kappa shape index (κ3) is 4.08. The highest BCUT2D eigenvalue weighted by molar-refractivity contribution is 7.19. The number of aryl methyl sites for hydroxylation is 1. The summed E-state index contributed by atoms with van der Waals surface area (Å²) in [5, 5.41) is 4.51. The first-order valence-electron chi connectivity index (χ1n) is 12.0. The maximum Gasteiger partial charge on any atom is 0.256 e. The van der Waals surface area contributed by atoms with Crippen molar-refractivity contribution in [3.05, 3.63) is 52.2 Å². The number of amides is 2. The summed E-state index contributed by atoms with van der Waals surface area (Å²) < 4.78 is 0. The van der Waals surface area contributed by atoms with Crippen LogP contribution in [0.3, 0.4) is 0 Å². The van der Waals surface area contributed by atoms with E-state index >= 15 is 0 Å². The van der Waals surface area contributed by atoms with Gasteiger partial charge in [-0.3, -0.25) is 14.5 Å². The SMILES string of the molecule is Cc1nc(Nc2cccc(N3CCCC3=O)n2)sc1-c1cc(Cl)c2c(c1)CN(C(C)C1CC1)C2=O.